The molecule has 2 aliphatic rings. The fourth-order valence-electron chi connectivity index (χ4n) is 3.94. The third-order valence-corrected chi connectivity index (χ3v) is 6.52. The Morgan fingerprint density at radius 1 is 1.15 bits per heavy atom. The van der Waals surface area contributed by atoms with Crippen molar-refractivity contribution >= 4 is 44.5 Å². The number of fused-ring (bicyclic) bond motifs is 3. The second-order valence-electron chi connectivity index (χ2n) is 7.36. The van der Waals surface area contributed by atoms with E-state index in [0.717, 1.165) is 32.0 Å². The summed E-state index contributed by atoms with van der Waals surface area (Å²) in [6.07, 6.45) is 0.338. The summed E-state index contributed by atoms with van der Waals surface area (Å²) >= 11 is 1.66. The van der Waals surface area contributed by atoms with Crippen LogP contribution in [0.5, 0.6) is 0 Å². The summed E-state index contributed by atoms with van der Waals surface area (Å²) in [4.78, 5) is 24.3. The van der Waals surface area contributed by atoms with Crippen molar-refractivity contribution in [3.63, 3.8) is 0 Å². The predicted molar refractivity (Wildman–Crippen MR) is 109 cm³/mol. The lowest BCUT2D eigenvalue weighted by Gasteiger charge is -2.30. The van der Waals surface area contributed by atoms with Gasteiger partial charge in [0.1, 0.15) is 5.84 Å². The zero-order chi connectivity index (χ0) is 18.9. The number of Topliss-reactive ketones (excluding diaryl/α,β-unsaturated/α-hetero) is 1. The fraction of sp³-hybridized carbons (Fsp3) is 0.286. The topological polar surface area (TPSA) is 65.8 Å². The number of carbonyl (C=O) groups excluding carboxylic acids is 1. The fourth-order valence-corrected chi connectivity index (χ4v) is 4.75. The first-order valence-corrected chi connectivity index (χ1v) is 9.81. The number of hydrogen-bond donors (Lipinski definition) is 1. The van der Waals surface area contributed by atoms with E-state index in [0.29, 0.717) is 30.1 Å². The smallest absolute Gasteiger partial charge is 0.204 e. The van der Waals surface area contributed by atoms with Crippen LogP contribution in [0.25, 0.3) is 10.2 Å². The third-order valence-electron chi connectivity index (χ3n) is 5.57. The zero-order valence-electron chi connectivity index (χ0n) is 15.4. The van der Waals surface area contributed by atoms with Crippen molar-refractivity contribution in [3.05, 3.63) is 52.0 Å². The maximum atomic E-state index is 13.1. The number of nitrogens with zero attached hydrogens (tertiary/aromatic N) is 3. The highest BCUT2D eigenvalue weighted by atomic mass is 32.1. The van der Waals surface area contributed by atoms with E-state index >= 15 is 0 Å². The average Bonchev–Trinajstić information content (AvgIpc) is 3.16. The van der Waals surface area contributed by atoms with Crippen LogP contribution in [-0.4, -0.2) is 33.9 Å². The number of aliphatic hydroxyl groups is 1. The number of hydrogen-bond acceptors (Lipinski definition) is 6. The lowest BCUT2D eigenvalue weighted by molar-refractivity contribution is 0.0602. The molecule has 2 aromatic carbocycles. The molecule has 6 heteroatoms. The molecule has 1 fully saturated rings. The summed E-state index contributed by atoms with van der Waals surface area (Å²) in [5.41, 5.74) is 3.55. The van der Waals surface area contributed by atoms with E-state index in [-0.39, 0.29) is 5.78 Å². The van der Waals surface area contributed by atoms with Crippen molar-refractivity contribution in [2.24, 2.45) is 4.99 Å². The molecule has 0 saturated carbocycles. The Labute approximate surface area is 161 Å². The number of benzene rings is 2. The number of amidine groups is 1. The predicted octanol–water partition coefficient (Wildman–Crippen LogP) is 4.09. The van der Waals surface area contributed by atoms with Crippen LogP contribution in [0.4, 0.5) is 11.4 Å². The van der Waals surface area contributed by atoms with Crippen LogP contribution >= 0.6 is 11.3 Å². The third kappa shape index (κ3) is 2.30. The van der Waals surface area contributed by atoms with E-state index in [9.17, 15) is 9.90 Å². The number of aromatic nitrogens is 1. The van der Waals surface area contributed by atoms with Crippen molar-refractivity contribution in [3.8, 4) is 0 Å². The van der Waals surface area contributed by atoms with Gasteiger partial charge in [-0.2, -0.15) is 0 Å². The largest absolute Gasteiger partial charge is 0.374 e. The van der Waals surface area contributed by atoms with Crippen molar-refractivity contribution in [2.45, 2.75) is 32.8 Å². The molecule has 3 heterocycles. The highest BCUT2D eigenvalue weighted by molar-refractivity contribution is 7.18. The molecule has 27 heavy (non-hydrogen) atoms. The Morgan fingerprint density at radius 2 is 1.93 bits per heavy atom. The Morgan fingerprint density at radius 3 is 2.74 bits per heavy atom. The van der Waals surface area contributed by atoms with Crippen LogP contribution in [0.3, 0.4) is 0 Å². The van der Waals surface area contributed by atoms with Crippen molar-refractivity contribution < 1.29 is 9.90 Å². The number of aliphatic imine (C=N–C) groups is 1. The second-order valence-corrected chi connectivity index (χ2v) is 8.60. The van der Waals surface area contributed by atoms with Gasteiger partial charge in [0.05, 0.1) is 20.9 Å². The second kappa shape index (κ2) is 5.47. The average molecular weight is 377 g/mol. The minimum absolute atomic E-state index is 0.251. The van der Waals surface area contributed by atoms with Crippen LogP contribution in [0, 0.1) is 20.8 Å². The number of anilines is 1. The molecule has 0 aliphatic carbocycles. The van der Waals surface area contributed by atoms with Crippen molar-refractivity contribution in [2.75, 3.05) is 11.4 Å². The van der Waals surface area contributed by atoms with Gasteiger partial charge in [-0.25, -0.2) is 9.98 Å². The molecule has 1 unspecified atom stereocenters. The van der Waals surface area contributed by atoms with Crippen molar-refractivity contribution in [1.29, 1.82) is 0 Å². The van der Waals surface area contributed by atoms with Gasteiger partial charge in [0.15, 0.2) is 5.60 Å². The molecule has 0 bridgehead atoms. The minimum atomic E-state index is -1.55. The van der Waals surface area contributed by atoms with Gasteiger partial charge in [0.25, 0.3) is 0 Å². The van der Waals surface area contributed by atoms with E-state index in [1.54, 1.807) is 11.3 Å². The highest BCUT2D eigenvalue weighted by Gasteiger charge is 2.52. The molecule has 136 valence electrons. The van der Waals surface area contributed by atoms with E-state index in [4.69, 9.17) is 4.99 Å². The number of ketones is 1. The molecule has 1 atom stereocenters. The lowest BCUT2D eigenvalue weighted by atomic mass is 9.86. The van der Waals surface area contributed by atoms with Crippen LogP contribution in [0.2, 0.25) is 0 Å². The molecular weight excluding hydrogens is 358 g/mol. The minimum Gasteiger partial charge on any atom is -0.374 e. The summed E-state index contributed by atoms with van der Waals surface area (Å²) in [5, 5.41) is 12.2. The van der Waals surface area contributed by atoms with E-state index in [1.807, 2.05) is 56.0 Å². The van der Waals surface area contributed by atoms with Gasteiger partial charge in [-0.15, -0.1) is 11.3 Å². The molecule has 5 nitrogen and oxygen atoms in total. The van der Waals surface area contributed by atoms with Gasteiger partial charge in [0.2, 0.25) is 5.78 Å². The Hall–Kier alpha value is -2.57. The summed E-state index contributed by atoms with van der Waals surface area (Å²) in [5.74, 6) is 0.174. The number of aryl methyl sites for hydroxylation is 3. The van der Waals surface area contributed by atoms with Gasteiger partial charge in [0, 0.05) is 24.2 Å². The van der Waals surface area contributed by atoms with Crippen molar-refractivity contribution in [1.82, 2.24) is 4.98 Å². The molecule has 0 radical (unpaired) electrons. The maximum Gasteiger partial charge on any atom is 0.204 e. The van der Waals surface area contributed by atoms with Gasteiger partial charge in [-0.05, 0) is 62.2 Å². The first kappa shape index (κ1) is 16.6. The summed E-state index contributed by atoms with van der Waals surface area (Å²) in [6, 6.07) is 9.83. The molecule has 3 aromatic rings. The van der Waals surface area contributed by atoms with Crippen LogP contribution in [0.15, 0.2) is 35.3 Å². The number of thiazole rings is 1. The van der Waals surface area contributed by atoms with Crippen LogP contribution in [-0.2, 0) is 0 Å². The molecule has 5 rings (SSSR count). The molecule has 2 aliphatic heterocycles. The van der Waals surface area contributed by atoms with Gasteiger partial charge < -0.3 is 10.0 Å². The Kier molecular flexibility index (Phi) is 3.36. The van der Waals surface area contributed by atoms with Gasteiger partial charge in [-0.1, -0.05) is 0 Å². The zero-order valence-corrected chi connectivity index (χ0v) is 16.2. The first-order valence-electron chi connectivity index (χ1n) is 8.99. The highest BCUT2D eigenvalue weighted by Crippen LogP contribution is 2.41. The molecule has 1 aromatic heterocycles. The summed E-state index contributed by atoms with van der Waals surface area (Å²) in [7, 11) is 0. The quantitative estimate of drug-likeness (QED) is 0.694. The maximum absolute atomic E-state index is 13.1. The van der Waals surface area contributed by atoms with Gasteiger partial charge in [-0.3, -0.25) is 4.79 Å². The van der Waals surface area contributed by atoms with E-state index < -0.39 is 5.60 Å². The SMILES string of the molecule is Cc1nc2cc(N3CCC4(O)C(=O)c5cc(C)c(C)cc5N=C34)ccc2s1. The van der Waals surface area contributed by atoms with Crippen LogP contribution in [0.1, 0.15) is 32.9 Å². The number of rotatable bonds is 1. The Balaban J connectivity index is 1.66. The van der Waals surface area contributed by atoms with Crippen LogP contribution < -0.4 is 4.90 Å². The molecule has 0 amide bonds. The van der Waals surface area contributed by atoms with Gasteiger partial charge >= 0.3 is 0 Å². The molecule has 0 spiro atoms. The normalized spacial score (nSPS) is 21.4. The number of carbonyl (C=O) groups is 1. The molecule has 1 saturated heterocycles. The summed E-state index contributed by atoms with van der Waals surface area (Å²) < 4.78 is 1.13. The standard InChI is InChI=1S/C21H19N3O2S/c1-11-8-15-16(9-12(11)2)23-20-21(26,19(15)25)6-7-24(20)14-4-5-18-17(10-14)22-13(3)27-18/h4-5,8-10,26H,6-7H2,1-3H3. The Bertz CT molecular complexity index is 1160. The van der Waals surface area contributed by atoms with E-state index in [1.165, 1.54) is 0 Å². The molecule has 1 N–H and O–H groups in total. The lowest BCUT2D eigenvalue weighted by Crippen LogP contribution is -2.48. The summed E-state index contributed by atoms with van der Waals surface area (Å²) in [6.45, 7) is 6.51. The molecular formula is C21H19N3O2S. The first-order chi connectivity index (χ1) is 12.9. The monoisotopic (exact) mass is 377 g/mol. The van der Waals surface area contributed by atoms with E-state index in [2.05, 4.69) is 4.98 Å².